The number of amides is 1. The van der Waals surface area contributed by atoms with Crippen molar-refractivity contribution in [1.29, 1.82) is 0 Å². The third-order valence-electron chi connectivity index (χ3n) is 6.66. The van der Waals surface area contributed by atoms with Gasteiger partial charge in [0.15, 0.2) is 0 Å². The number of rotatable bonds is 6. The molecule has 2 aromatic rings. The molecule has 1 N–H and O–H groups in total. The van der Waals surface area contributed by atoms with Gasteiger partial charge in [0, 0.05) is 32.0 Å². The maximum Gasteiger partial charge on any atom is 0.244 e. The van der Waals surface area contributed by atoms with Crippen LogP contribution in [0.1, 0.15) is 37.7 Å². The lowest BCUT2D eigenvalue weighted by Crippen LogP contribution is -2.42. The minimum Gasteiger partial charge on any atom is -0.497 e. The minimum absolute atomic E-state index is 0.0754. The summed E-state index contributed by atoms with van der Waals surface area (Å²) in [6, 6.07) is 10.8. The molecular weight excluding hydrogens is 414 g/mol. The maximum atomic E-state index is 13.3. The number of sulfonamides is 1. The summed E-state index contributed by atoms with van der Waals surface area (Å²) in [6.45, 7) is 0.987. The van der Waals surface area contributed by atoms with Gasteiger partial charge < -0.3 is 10.1 Å². The smallest absolute Gasteiger partial charge is 0.244 e. The monoisotopic (exact) mass is 443 g/mol. The third-order valence-corrected chi connectivity index (χ3v) is 8.45. The number of pyridine rings is 1. The van der Waals surface area contributed by atoms with Gasteiger partial charge in [-0.2, -0.15) is 4.31 Å². The Morgan fingerprint density at radius 1 is 1.23 bits per heavy atom. The average Bonchev–Trinajstić information content (AvgIpc) is 3.18. The molecule has 8 heteroatoms. The number of benzene rings is 1. The van der Waals surface area contributed by atoms with Gasteiger partial charge in [0.1, 0.15) is 10.6 Å². The number of nitrogens with one attached hydrogen (secondary N) is 1. The Labute approximate surface area is 183 Å². The average molecular weight is 444 g/mol. The lowest BCUT2D eigenvalue weighted by molar-refractivity contribution is -0.128. The molecule has 7 nitrogen and oxygen atoms in total. The van der Waals surface area contributed by atoms with Crippen LogP contribution in [0.25, 0.3) is 0 Å². The van der Waals surface area contributed by atoms with Crippen LogP contribution < -0.4 is 10.1 Å². The predicted molar refractivity (Wildman–Crippen MR) is 117 cm³/mol. The van der Waals surface area contributed by atoms with Crippen LogP contribution in [0, 0.1) is 11.3 Å². The summed E-state index contributed by atoms with van der Waals surface area (Å²) in [7, 11) is -2.07. The van der Waals surface area contributed by atoms with Gasteiger partial charge in [-0.25, -0.2) is 8.42 Å². The van der Waals surface area contributed by atoms with Crippen molar-refractivity contribution in [3.8, 4) is 5.75 Å². The van der Waals surface area contributed by atoms with Gasteiger partial charge in [-0.05, 0) is 48.1 Å². The molecule has 2 fully saturated rings. The zero-order chi connectivity index (χ0) is 21.9. The van der Waals surface area contributed by atoms with E-state index in [1.807, 2.05) is 24.3 Å². The standard InChI is InChI=1S/C23H29N3O4S/c1-30-19-8-5-7-18(13-19)14-25-22(27)21-16-26(17-23(21)10-3-2-4-11-23)31(28,29)20-9-6-12-24-15-20/h5-9,12-13,15,21H,2-4,10-11,14,16-17H2,1H3,(H,25,27). The number of ether oxygens (including phenoxy) is 1. The van der Waals surface area contributed by atoms with E-state index >= 15 is 0 Å². The largest absolute Gasteiger partial charge is 0.497 e. The van der Waals surface area contributed by atoms with Gasteiger partial charge >= 0.3 is 0 Å². The molecule has 1 aliphatic carbocycles. The number of methoxy groups -OCH3 is 1. The van der Waals surface area contributed by atoms with Gasteiger partial charge in [0.25, 0.3) is 0 Å². The van der Waals surface area contributed by atoms with Crippen LogP contribution >= 0.6 is 0 Å². The van der Waals surface area contributed by atoms with Gasteiger partial charge in [0.05, 0.1) is 13.0 Å². The van der Waals surface area contributed by atoms with E-state index in [0.717, 1.165) is 43.4 Å². The fourth-order valence-corrected chi connectivity index (χ4v) is 6.49. The molecule has 1 atom stereocenters. The Bertz CT molecular complexity index is 1020. The summed E-state index contributed by atoms with van der Waals surface area (Å²) >= 11 is 0. The van der Waals surface area contributed by atoms with Crippen LogP contribution in [0.5, 0.6) is 5.75 Å². The van der Waals surface area contributed by atoms with Gasteiger partial charge in [0.2, 0.25) is 15.9 Å². The fourth-order valence-electron chi connectivity index (χ4n) is 4.97. The Morgan fingerprint density at radius 2 is 2.03 bits per heavy atom. The summed E-state index contributed by atoms with van der Waals surface area (Å²) in [5.74, 6) is 0.309. The second-order valence-corrected chi connectivity index (χ2v) is 10.5. The van der Waals surface area contributed by atoms with E-state index in [1.165, 1.54) is 10.5 Å². The van der Waals surface area contributed by atoms with Crippen LogP contribution in [0.2, 0.25) is 0 Å². The molecule has 1 saturated heterocycles. The zero-order valence-electron chi connectivity index (χ0n) is 17.8. The molecule has 2 aliphatic rings. The highest BCUT2D eigenvalue weighted by Crippen LogP contribution is 2.48. The van der Waals surface area contributed by atoms with Crippen LogP contribution in [-0.4, -0.2) is 43.8 Å². The third kappa shape index (κ3) is 4.45. The van der Waals surface area contributed by atoms with Crippen molar-refractivity contribution in [2.75, 3.05) is 20.2 Å². The van der Waals surface area contributed by atoms with Crippen molar-refractivity contribution in [2.24, 2.45) is 11.3 Å². The first-order valence-electron chi connectivity index (χ1n) is 10.8. The van der Waals surface area contributed by atoms with Crippen LogP contribution in [0.4, 0.5) is 0 Å². The van der Waals surface area contributed by atoms with Crippen LogP contribution in [0.15, 0.2) is 53.7 Å². The molecule has 1 aromatic heterocycles. The molecule has 0 radical (unpaired) electrons. The molecular formula is C23H29N3O4S. The van der Waals surface area contributed by atoms with Crippen molar-refractivity contribution in [3.05, 3.63) is 54.4 Å². The van der Waals surface area contributed by atoms with Crippen LogP contribution in [-0.2, 0) is 21.4 Å². The van der Waals surface area contributed by atoms with Crippen molar-refractivity contribution in [3.63, 3.8) is 0 Å². The number of hydrogen-bond donors (Lipinski definition) is 1. The summed E-state index contributed by atoms with van der Waals surface area (Å²) in [6.07, 6.45) is 7.88. The van der Waals surface area contributed by atoms with E-state index in [0.29, 0.717) is 13.1 Å². The van der Waals surface area contributed by atoms with E-state index in [1.54, 1.807) is 25.4 Å². The van der Waals surface area contributed by atoms with E-state index in [9.17, 15) is 13.2 Å². The molecule has 1 amide bonds. The molecule has 31 heavy (non-hydrogen) atoms. The first kappa shape index (κ1) is 21.8. The topological polar surface area (TPSA) is 88.6 Å². The molecule has 166 valence electrons. The molecule has 1 spiro atoms. The minimum atomic E-state index is -3.68. The SMILES string of the molecule is COc1cccc(CNC(=O)C2CN(S(=O)(=O)c3cccnc3)CC23CCCCC3)c1. The molecule has 0 bridgehead atoms. The van der Waals surface area contributed by atoms with E-state index in [4.69, 9.17) is 4.74 Å². The second kappa shape index (κ2) is 8.96. The highest BCUT2D eigenvalue weighted by molar-refractivity contribution is 7.89. The normalized spacial score (nSPS) is 21.1. The highest BCUT2D eigenvalue weighted by Gasteiger charge is 2.53. The molecule has 1 aromatic carbocycles. The number of carbonyl (C=O) groups excluding carboxylic acids is 1. The lowest BCUT2D eigenvalue weighted by Gasteiger charge is -2.37. The van der Waals surface area contributed by atoms with Crippen molar-refractivity contribution in [1.82, 2.24) is 14.6 Å². The van der Waals surface area contributed by atoms with Crippen LogP contribution in [0.3, 0.4) is 0 Å². The molecule has 4 rings (SSSR count). The van der Waals surface area contributed by atoms with Crippen molar-refractivity contribution < 1.29 is 17.9 Å². The summed E-state index contributed by atoms with van der Waals surface area (Å²) in [5, 5.41) is 3.05. The Morgan fingerprint density at radius 3 is 2.74 bits per heavy atom. The first-order chi connectivity index (χ1) is 14.9. The zero-order valence-corrected chi connectivity index (χ0v) is 18.6. The Hall–Kier alpha value is -2.45. The van der Waals surface area contributed by atoms with Crippen molar-refractivity contribution >= 4 is 15.9 Å². The van der Waals surface area contributed by atoms with Gasteiger partial charge in [-0.1, -0.05) is 31.4 Å². The summed E-state index contributed by atoms with van der Waals surface area (Å²) in [4.78, 5) is 17.4. The summed E-state index contributed by atoms with van der Waals surface area (Å²) in [5.41, 5.74) is 0.648. The summed E-state index contributed by atoms with van der Waals surface area (Å²) < 4.78 is 33.2. The van der Waals surface area contributed by atoms with E-state index in [2.05, 4.69) is 10.3 Å². The van der Waals surface area contributed by atoms with Gasteiger partial charge in [-0.3, -0.25) is 9.78 Å². The highest BCUT2D eigenvalue weighted by atomic mass is 32.2. The maximum absolute atomic E-state index is 13.3. The predicted octanol–water partition coefficient (Wildman–Crippen LogP) is 2.98. The lowest BCUT2D eigenvalue weighted by atomic mass is 9.67. The number of hydrogen-bond acceptors (Lipinski definition) is 5. The quantitative estimate of drug-likeness (QED) is 0.742. The van der Waals surface area contributed by atoms with E-state index < -0.39 is 10.0 Å². The molecule has 2 heterocycles. The Balaban J connectivity index is 1.54. The second-order valence-electron chi connectivity index (χ2n) is 8.53. The first-order valence-corrected chi connectivity index (χ1v) is 12.2. The van der Waals surface area contributed by atoms with Gasteiger partial charge in [-0.15, -0.1) is 0 Å². The van der Waals surface area contributed by atoms with Crippen molar-refractivity contribution in [2.45, 2.75) is 43.5 Å². The number of aromatic nitrogens is 1. The molecule has 1 unspecified atom stereocenters. The van der Waals surface area contributed by atoms with E-state index in [-0.39, 0.29) is 28.7 Å². The number of carbonyl (C=O) groups is 1. The molecule has 1 aliphatic heterocycles. The number of nitrogens with zero attached hydrogens (tertiary/aromatic N) is 2. The molecule has 1 saturated carbocycles. The fraction of sp³-hybridized carbons (Fsp3) is 0.478. The Kier molecular flexibility index (Phi) is 6.29.